The zero-order valence-corrected chi connectivity index (χ0v) is 8.75. The molecule has 4 heteroatoms. The summed E-state index contributed by atoms with van der Waals surface area (Å²) in [6.45, 7) is 6.08. The van der Waals surface area contributed by atoms with Crippen molar-refractivity contribution in [2.24, 2.45) is 0 Å². The third kappa shape index (κ3) is 1.90. The van der Waals surface area contributed by atoms with Gasteiger partial charge in [0.05, 0.1) is 11.4 Å². The van der Waals surface area contributed by atoms with Crippen molar-refractivity contribution in [2.45, 2.75) is 32.6 Å². The zero-order valence-electron chi connectivity index (χ0n) is 8.75. The second-order valence-corrected chi connectivity index (χ2v) is 3.87. The summed E-state index contributed by atoms with van der Waals surface area (Å²) in [4.78, 5) is 4.50. The van der Waals surface area contributed by atoms with Gasteiger partial charge in [-0.05, 0) is 39.8 Å². The van der Waals surface area contributed by atoms with Gasteiger partial charge in [-0.2, -0.15) is 5.10 Å². The molecule has 2 heterocycles. The molecule has 4 nitrogen and oxygen atoms in total. The van der Waals surface area contributed by atoms with Gasteiger partial charge in [0.1, 0.15) is 0 Å². The average Bonchev–Trinajstić information content (AvgIpc) is 2.23. The standard InChI is InChI=1S/C10H16N4/c1-7-8(2)13-14-10(12-7)9-3-5-11-6-4-9/h9,11H,3-6H2,1-2H3. The highest BCUT2D eigenvalue weighted by Crippen LogP contribution is 2.21. The number of aromatic nitrogens is 3. The fourth-order valence-electron chi connectivity index (χ4n) is 1.73. The SMILES string of the molecule is Cc1nnc(C2CCNCC2)nc1C. The maximum absolute atomic E-state index is 4.50. The predicted octanol–water partition coefficient (Wildman–Crippen LogP) is 0.955. The summed E-state index contributed by atoms with van der Waals surface area (Å²) in [6.07, 6.45) is 2.26. The van der Waals surface area contributed by atoms with Gasteiger partial charge in [0.2, 0.25) is 0 Å². The Morgan fingerprint density at radius 3 is 2.43 bits per heavy atom. The summed E-state index contributed by atoms with van der Waals surface area (Å²) in [5.41, 5.74) is 1.94. The molecular weight excluding hydrogens is 176 g/mol. The van der Waals surface area contributed by atoms with E-state index in [0.29, 0.717) is 5.92 Å². The maximum Gasteiger partial charge on any atom is 0.154 e. The lowest BCUT2D eigenvalue weighted by Crippen LogP contribution is -2.27. The number of hydrogen-bond acceptors (Lipinski definition) is 4. The quantitative estimate of drug-likeness (QED) is 0.720. The first-order valence-electron chi connectivity index (χ1n) is 5.16. The van der Waals surface area contributed by atoms with E-state index in [0.717, 1.165) is 43.1 Å². The summed E-state index contributed by atoms with van der Waals surface area (Å²) in [5.74, 6) is 1.43. The van der Waals surface area contributed by atoms with E-state index < -0.39 is 0 Å². The lowest BCUT2D eigenvalue weighted by Gasteiger charge is -2.20. The van der Waals surface area contributed by atoms with Crippen LogP contribution in [0.2, 0.25) is 0 Å². The molecule has 0 amide bonds. The van der Waals surface area contributed by atoms with Gasteiger partial charge in [0.15, 0.2) is 5.82 Å². The molecule has 2 rings (SSSR count). The molecule has 0 saturated carbocycles. The van der Waals surface area contributed by atoms with Crippen LogP contribution >= 0.6 is 0 Å². The molecule has 0 spiro atoms. The maximum atomic E-state index is 4.50. The van der Waals surface area contributed by atoms with Crippen LogP contribution in [0.25, 0.3) is 0 Å². The Labute approximate surface area is 84.2 Å². The Balaban J connectivity index is 2.18. The largest absolute Gasteiger partial charge is 0.317 e. The van der Waals surface area contributed by atoms with Crippen LogP contribution in [0.4, 0.5) is 0 Å². The molecule has 1 aliphatic rings. The Morgan fingerprint density at radius 2 is 1.79 bits per heavy atom. The molecular formula is C10H16N4. The van der Waals surface area contributed by atoms with Gasteiger partial charge in [-0.3, -0.25) is 0 Å². The molecule has 1 N–H and O–H groups in total. The van der Waals surface area contributed by atoms with Gasteiger partial charge >= 0.3 is 0 Å². The zero-order chi connectivity index (χ0) is 9.97. The molecule has 0 bridgehead atoms. The van der Waals surface area contributed by atoms with Crippen molar-refractivity contribution in [3.63, 3.8) is 0 Å². The molecule has 1 saturated heterocycles. The third-order valence-electron chi connectivity index (χ3n) is 2.81. The average molecular weight is 192 g/mol. The Kier molecular flexibility index (Phi) is 2.72. The normalized spacial score (nSPS) is 18.4. The minimum absolute atomic E-state index is 0.503. The highest BCUT2D eigenvalue weighted by Gasteiger charge is 2.18. The van der Waals surface area contributed by atoms with Crippen molar-refractivity contribution in [3.8, 4) is 0 Å². The molecule has 0 radical (unpaired) electrons. The molecule has 1 aromatic rings. The van der Waals surface area contributed by atoms with Crippen molar-refractivity contribution in [2.75, 3.05) is 13.1 Å². The van der Waals surface area contributed by atoms with Gasteiger partial charge in [-0.25, -0.2) is 4.98 Å². The van der Waals surface area contributed by atoms with Crippen LogP contribution in [-0.2, 0) is 0 Å². The van der Waals surface area contributed by atoms with Crippen LogP contribution in [0.5, 0.6) is 0 Å². The van der Waals surface area contributed by atoms with Crippen molar-refractivity contribution in [1.82, 2.24) is 20.5 Å². The molecule has 14 heavy (non-hydrogen) atoms. The number of piperidine rings is 1. The molecule has 1 aromatic heterocycles. The number of nitrogens with zero attached hydrogens (tertiary/aromatic N) is 3. The molecule has 1 aliphatic heterocycles. The molecule has 0 unspecified atom stereocenters. The third-order valence-corrected chi connectivity index (χ3v) is 2.81. The van der Waals surface area contributed by atoms with Crippen molar-refractivity contribution in [3.05, 3.63) is 17.2 Å². The highest BCUT2D eigenvalue weighted by atomic mass is 15.2. The van der Waals surface area contributed by atoms with E-state index in [-0.39, 0.29) is 0 Å². The number of hydrogen-bond donors (Lipinski definition) is 1. The monoisotopic (exact) mass is 192 g/mol. The van der Waals surface area contributed by atoms with E-state index in [1.165, 1.54) is 0 Å². The Morgan fingerprint density at radius 1 is 1.07 bits per heavy atom. The predicted molar refractivity (Wildman–Crippen MR) is 54.1 cm³/mol. The lowest BCUT2D eigenvalue weighted by molar-refractivity contribution is 0.439. The molecule has 0 atom stereocenters. The summed E-state index contributed by atoms with van der Waals surface area (Å²) >= 11 is 0. The fraction of sp³-hybridized carbons (Fsp3) is 0.700. The first kappa shape index (κ1) is 9.52. The van der Waals surface area contributed by atoms with Crippen LogP contribution in [0.1, 0.15) is 36.0 Å². The second-order valence-electron chi connectivity index (χ2n) is 3.87. The van der Waals surface area contributed by atoms with Crippen molar-refractivity contribution >= 4 is 0 Å². The molecule has 0 aliphatic carbocycles. The number of nitrogens with one attached hydrogen (secondary N) is 1. The highest BCUT2D eigenvalue weighted by molar-refractivity contribution is 5.08. The smallest absolute Gasteiger partial charge is 0.154 e. The van der Waals surface area contributed by atoms with Crippen LogP contribution in [0.3, 0.4) is 0 Å². The Bertz CT molecular complexity index is 318. The Hall–Kier alpha value is -1.03. The number of aryl methyl sites for hydroxylation is 2. The first-order chi connectivity index (χ1) is 6.77. The van der Waals surface area contributed by atoms with Crippen molar-refractivity contribution < 1.29 is 0 Å². The second kappa shape index (κ2) is 4.00. The topological polar surface area (TPSA) is 50.7 Å². The van der Waals surface area contributed by atoms with E-state index in [4.69, 9.17) is 0 Å². The first-order valence-corrected chi connectivity index (χ1v) is 5.16. The van der Waals surface area contributed by atoms with Gasteiger partial charge in [0, 0.05) is 5.92 Å². The van der Waals surface area contributed by atoms with E-state index >= 15 is 0 Å². The van der Waals surface area contributed by atoms with Crippen LogP contribution in [0, 0.1) is 13.8 Å². The summed E-state index contributed by atoms with van der Waals surface area (Å²) in [5, 5.41) is 11.6. The number of rotatable bonds is 1. The molecule has 0 aromatic carbocycles. The van der Waals surface area contributed by atoms with Crippen LogP contribution in [0.15, 0.2) is 0 Å². The van der Waals surface area contributed by atoms with E-state index in [9.17, 15) is 0 Å². The van der Waals surface area contributed by atoms with Crippen LogP contribution in [-0.4, -0.2) is 28.3 Å². The summed E-state index contributed by atoms with van der Waals surface area (Å²) in [6, 6.07) is 0. The summed E-state index contributed by atoms with van der Waals surface area (Å²) < 4.78 is 0. The minimum atomic E-state index is 0.503. The van der Waals surface area contributed by atoms with Crippen LogP contribution < -0.4 is 5.32 Å². The van der Waals surface area contributed by atoms with Crippen molar-refractivity contribution in [1.29, 1.82) is 0 Å². The molecule has 76 valence electrons. The van der Waals surface area contributed by atoms with Gasteiger partial charge in [0.25, 0.3) is 0 Å². The van der Waals surface area contributed by atoms with E-state index in [1.807, 2.05) is 13.8 Å². The summed E-state index contributed by atoms with van der Waals surface area (Å²) in [7, 11) is 0. The van der Waals surface area contributed by atoms with E-state index in [1.54, 1.807) is 0 Å². The van der Waals surface area contributed by atoms with E-state index in [2.05, 4.69) is 20.5 Å². The van der Waals surface area contributed by atoms with Gasteiger partial charge in [-0.15, -0.1) is 5.10 Å². The molecule has 1 fully saturated rings. The lowest BCUT2D eigenvalue weighted by atomic mass is 9.97. The minimum Gasteiger partial charge on any atom is -0.317 e. The van der Waals surface area contributed by atoms with Gasteiger partial charge in [-0.1, -0.05) is 0 Å². The fourth-order valence-corrected chi connectivity index (χ4v) is 1.73. The van der Waals surface area contributed by atoms with Gasteiger partial charge < -0.3 is 5.32 Å².